The van der Waals surface area contributed by atoms with Crippen LogP contribution in [0, 0.1) is 17.8 Å². The molecule has 4 bridgehead atoms. The summed E-state index contributed by atoms with van der Waals surface area (Å²) in [5.74, 6) is 2.58. The maximum Gasteiger partial charge on any atom is 0.407 e. The van der Waals surface area contributed by atoms with E-state index in [4.69, 9.17) is 4.74 Å². The zero-order valence-electron chi connectivity index (χ0n) is 19.1. The Hall–Kier alpha value is -2.24. The van der Waals surface area contributed by atoms with E-state index in [2.05, 4.69) is 22.0 Å². The third kappa shape index (κ3) is 5.72. The number of nitrogens with one attached hydrogen (secondary N) is 3. The molecular weight excluding hydrogens is 390 g/mol. The molecule has 6 nitrogen and oxygen atoms in total. The van der Waals surface area contributed by atoms with E-state index in [1.807, 2.05) is 39.0 Å². The Morgan fingerprint density at radius 1 is 1.00 bits per heavy atom. The minimum absolute atomic E-state index is 0.0363. The quantitative estimate of drug-likeness (QED) is 0.515. The van der Waals surface area contributed by atoms with Crippen LogP contribution in [0.25, 0.3) is 0 Å². The fourth-order valence-corrected chi connectivity index (χ4v) is 6.22. The van der Waals surface area contributed by atoms with Crippen LogP contribution in [0.15, 0.2) is 24.3 Å². The number of hydrogen-bond donors (Lipinski definition) is 3. The van der Waals surface area contributed by atoms with Crippen molar-refractivity contribution in [2.45, 2.75) is 83.3 Å². The zero-order chi connectivity index (χ0) is 22.1. The molecule has 0 saturated heterocycles. The van der Waals surface area contributed by atoms with Gasteiger partial charge >= 0.3 is 6.09 Å². The summed E-state index contributed by atoms with van der Waals surface area (Å²) in [7, 11) is 0. The predicted molar refractivity (Wildman–Crippen MR) is 123 cm³/mol. The summed E-state index contributed by atoms with van der Waals surface area (Å²) in [4.78, 5) is 24.2. The molecule has 1 aromatic carbocycles. The number of carbonyl (C=O) groups excluding carboxylic acids is 2. The molecule has 5 rings (SSSR count). The number of rotatable bonds is 7. The van der Waals surface area contributed by atoms with Crippen molar-refractivity contribution in [2.24, 2.45) is 17.8 Å². The van der Waals surface area contributed by atoms with Crippen LogP contribution < -0.4 is 16.0 Å². The number of amides is 2. The van der Waals surface area contributed by atoms with Crippen LogP contribution in [-0.4, -0.2) is 29.7 Å². The molecule has 4 aliphatic carbocycles. The first-order chi connectivity index (χ1) is 14.7. The van der Waals surface area contributed by atoms with E-state index in [-0.39, 0.29) is 11.4 Å². The summed E-state index contributed by atoms with van der Waals surface area (Å²) >= 11 is 0. The van der Waals surface area contributed by atoms with Gasteiger partial charge in [-0.25, -0.2) is 4.79 Å². The molecule has 3 N–H and O–H groups in total. The number of anilines is 2. The predicted octanol–water partition coefficient (Wildman–Crippen LogP) is 5.31. The van der Waals surface area contributed by atoms with Crippen molar-refractivity contribution in [2.75, 3.05) is 17.2 Å². The Balaban J connectivity index is 1.28. The van der Waals surface area contributed by atoms with Crippen LogP contribution in [0.3, 0.4) is 0 Å². The second kappa shape index (κ2) is 8.71. The molecule has 31 heavy (non-hydrogen) atoms. The molecule has 6 heteroatoms. The lowest BCUT2D eigenvalue weighted by atomic mass is 9.53. The van der Waals surface area contributed by atoms with Crippen LogP contribution in [0.2, 0.25) is 0 Å². The first-order valence-corrected chi connectivity index (χ1v) is 11.8. The Bertz CT molecular complexity index is 779. The van der Waals surface area contributed by atoms with Crippen molar-refractivity contribution < 1.29 is 14.3 Å². The molecule has 0 radical (unpaired) electrons. The van der Waals surface area contributed by atoms with E-state index in [0.29, 0.717) is 19.4 Å². The van der Waals surface area contributed by atoms with E-state index in [1.54, 1.807) is 0 Å². The lowest BCUT2D eigenvalue weighted by Crippen LogP contribution is -2.54. The molecular formula is C25H37N3O3. The summed E-state index contributed by atoms with van der Waals surface area (Å²) in [6.07, 6.45) is 8.49. The average molecular weight is 428 g/mol. The normalized spacial score (nSPS) is 28.8. The SMILES string of the molecule is CC(C)(C)OC(=O)NCCCC(=O)Nc1ccccc1NC12CC3CC(CC(C3)C1)C2. The highest BCUT2D eigenvalue weighted by atomic mass is 16.6. The molecule has 0 heterocycles. The summed E-state index contributed by atoms with van der Waals surface area (Å²) in [5, 5.41) is 9.65. The van der Waals surface area contributed by atoms with Gasteiger partial charge in [-0.15, -0.1) is 0 Å². The number of benzene rings is 1. The third-order valence-electron chi connectivity index (χ3n) is 6.89. The fourth-order valence-electron chi connectivity index (χ4n) is 6.22. The Morgan fingerprint density at radius 2 is 1.58 bits per heavy atom. The standard InChI is InChI=1S/C25H37N3O3/c1-24(2,3)31-23(30)26-10-6-9-22(29)27-20-7-4-5-8-21(20)28-25-14-17-11-18(15-25)13-19(12-17)16-25/h4-5,7-8,17-19,28H,6,9-16H2,1-3H3,(H,26,30)(H,27,29). The highest BCUT2D eigenvalue weighted by Crippen LogP contribution is 2.56. The monoisotopic (exact) mass is 427 g/mol. The highest BCUT2D eigenvalue weighted by molar-refractivity contribution is 5.94. The maximum atomic E-state index is 12.5. The topological polar surface area (TPSA) is 79.5 Å². The lowest BCUT2D eigenvalue weighted by molar-refractivity contribution is -0.116. The van der Waals surface area contributed by atoms with E-state index in [9.17, 15) is 9.59 Å². The van der Waals surface area contributed by atoms with Crippen molar-refractivity contribution in [1.29, 1.82) is 0 Å². The van der Waals surface area contributed by atoms with E-state index in [0.717, 1.165) is 29.1 Å². The minimum atomic E-state index is -0.519. The fraction of sp³-hybridized carbons (Fsp3) is 0.680. The van der Waals surface area contributed by atoms with Gasteiger partial charge in [-0.1, -0.05) is 12.1 Å². The van der Waals surface area contributed by atoms with Gasteiger partial charge in [0.25, 0.3) is 0 Å². The van der Waals surface area contributed by atoms with Gasteiger partial charge in [-0.05, 0) is 95.6 Å². The van der Waals surface area contributed by atoms with Crippen molar-refractivity contribution in [3.05, 3.63) is 24.3 Å². The van der Waals surface area contributed by atoms with E-state index in [1.165, 1.54) is 38.5 Å². The second-order valence-corrected chi connectivity index (χ2v) is 10.9. The molecule has 0 atom stereocenters. The third-order valence-corrected chi connectivity index (χ3v) is 6.89. The van der Waals surface area contributed by atoms with Gasteiger partial charge in [0.1, 0.15) is 5.60 Å². The Kier molecular flexibility index (Phi) is 6.18. The number of alkyl carbamates (subject to hydrolysis) is 1. The molecule has 4 saturated carbocycles. The Labute approximate surface area is 185 Å². The van der Waals surface area contributed by atoms with Gasteiger partial charge in [0.15, 0.2) is 0 Å². The zero-order valence-corrected chi connectivity index (χ0v) is 19.1. The lowest BCUT2D eigenvalue weighted by Gasteiger charge is -2.57. The summed E-state index contributed by atoms with van der Waals surface area (Å²) in [6.45, 7) is 5.90. The van der Waals surface area contributed by atoms with Gasteiger partial charge < -0.3 is 20.7 Å². The van der Waals surface area contributed by atoms with Gasteiger partial charge in [0.2, 0.25) is 5.91 Å². The van der Waals surface area contributed by atoms with Crippen LogP contribution in [0.1, 0.15) is 72.1 Å². The minimum Gasteiger partial charge on any atom is -0.444 e. The van der Waals surface area contributed by atoms with Gasteiger partial charge in [-0.3, -0.25) is 4.79 Å². The number of ether oxygens (including phenoxy) is 1. The highest BCUT2D eigenvalue weighted by Gasteiger charge is 2.51. The van der Waals surface area contributed by atoms with Gasteiger partial charge in [0.05, 0.1) is 11.4 Å². The van der Waals surface area contributed by atoms with Crippen molar-refractivity contribution in [3.8, 4) is 0 Å². The summed E-state index contributed by atoms with van der Waals surface area (Å²) in [5.41, 5.74) is 1.56. The number of hydrogen-bond acceptors (Lipinski definition) is 4. The molecule has 4 aliphatic rings. The number of para-hydroxylation sites is 2. The van der Waals surface area contributed by atoms with Crippen LogP contribution in [0.5, 0.6) is 0 Å². The molecule has 170 valence electrons. The largest absolute Gasteiger partial charge is 0.444 e. The first kappa shape index (κ1) is 22.0. The smallest absolute Gasteiger partial charge is 0.407 e. The molecule has 1 aromatic rings. The second-order valence-electron chi connectivity index (χ2n) is 10.9. The van der Waals surface area contributed by atoms with Crippen molar-refractivity contribution in [3.63, 3.8) is 0 Å². The van der Waals surface area contributed by atoms with E-state index >= 15 is 0 Å². The van der Waals surface area contributed by atoms with Crippen LogP contribution >= 0.6 is 0 Å². The summed E-state index contributed by atoms with van der Waals surface area (Å²) < 4.78 is 5.21. The van der Waals surface area contributed by atoms with Crippen LogP contribution in [-0.2, 0) is 9.53 Å². The molecule has 0 spiro atoms. The van der Waals surface area contributed by atoms with E-state index < -0.39 is 11.7 Å². The molecule has 2 amide bonds. The maximum absolute atomic E-state index is 12.5. The van der Waals surface area contributed by atoms with Crippen molar-refractivity contribution in [1.82, 2.24) is 5.32 Å². The average Bonchev–Trinajstić information content (AvgIpc) is 2.64. The Morgan fingerprint density at radius 3 is 2.16 bits per heavy atom. The molecule has 0 unspecified atom stereocenters. The van der Waals surface area contributed by atoms with Crippen molar-refractivity contribution >= 4 is 23.4 Å². The van der Waals surface area contributed by atoms with Gasteiger partial charge in [0, 0.05) is 18.5 Å². The molecule has 0 aliphatic heterocycles. The first-order valence-electron chi connectivity index (χ1n) is 11.8. The van der Waals surface area contributed by atoms with Crippen LogP contribution in [0.4, 0.5) is 16.2 Å². The number of carbonyl (C=O) groups is 2. The molecule has 4 fully saturated rings. The van der Waals surface area contributed by atoms with Gasteiger partial charge in [-0.2, -0.15) is 0 Å². The summed E-state index contributed by atoms with van der Waals surface area (Å²) in [6, 6.07) is 8.05. The molecule has 0 aromatic heterocycles.